The number of rotatable bonds is 10. The molecule has 3 fully saturated rings. The average molecular weight is 459 g/mol. The molecule has 3 heterocycles. The highest BCUT2D eigenvalue weighted by molar-refractivity contribution is 5.98. The molecule has 33 heavy (non-hydrogen) atoms. The lowest BCUT2D eigenvalue weighted by molar-refractivity contribution is -0.155. The average Bonchev–Trinajstić information content (AvgIpc) is 3.46. The topological polar surface area (TPSA) is 105 Å². The van der Waals surface area contributed by atoms with Crippen molar-refractivity contribution in [2.75, 3.05) is 19.8 Å². The largest absolute Gasteiger partial charge is 0.466 e. The molecule has 6 atom stereocenters. The van der Waals surface area contributed by atoms with E-state index in [4.69, 9.17) is 9.47 Å². The van der Waals surface area contributed by atoms with E-state index in [-0.39, 0.29) is 25.0 Å². The Bertz CT molecular complexity index is 877. The Morgan fingerprint density at radius 2 is 2.03 bits per heavy atom. The molecule has 8 nitrogen and oxygen atoms in total. The van der Waals surface area contributed by atoms with Gasteiger partial charge in [0.1, 0.15) is 11.6 Å². The molecule has 0 saturated carbocycles. The van der Waals surface area contributed by atoms with Crippen LogP contribution in [0.15, 0.2) is 30.3 Å². The molecule has 1 aromatic carbocycles. The zero-order valence-corrected chi connectivity index (χ0v) is 19.4. The number of fused-ring (bicyclic) bond motifs is 1. The number of hydrogen-bond acceptors (Lipinski definition) is 6. The van der Waals surface area contributed by atoms with Gasteiger partial charge in [-0.15, -0.1) is 0 Å². The molecular weight excluding hydrogens is 424 g/mol. The second-order valence-electron chi connectivity index (χ2n) is 9.16. The fourth-order valence-electron chi connectivity index (χ4n) is 5.95. The zero-order chi connectivity index (χ0) is 23.6. The van der Waals surface area contributed by atoms with Crippen LogP contribution in [0.4, 0.5) is 0 Å². The van der Waals surface area contributed by atoms with Gasteiger partial charge in [-0.2, -0.15) is 0 Å². The van der Waals surface area contributed by atoms with Crippen molar-refractivity contribution in [2.24, 2.45) is 11.8 Å². The van der Waals surface area contributed by atoms with Gasteiger partial charge in [0, 0.05) is 6.54 Å². The van der Waals surface area contributed by atoms with E-state index >= 15 is 0 Å². The van der Waals surface area contributed by atoms with Gasteiger partial charge in [-0.25, -0.2) is 0 Å². The maximum absolute atomic E-state index is 13.9. The number of nitrogens with one attached hydrogen (secondary N) is 1. The molecule has 3 saturated heterocycles. The maximum atomic E-state index is 13.9. The Hall–Kier alpha value is -2.45. The molecule has 3 aliphatic rings. The van der Waals surface area contributed by atoms with E-state index in [0.29, 0.717) is 19.4 Å². The molecule has 2 bridgehead atoms. The lowest BCUT2D eigenvalue weighted by atomic mass is 9.71. The van der Waals surface area contributed by atoms with Crippen LogP contribution in [0, 0.1) is 11.8 Å². The quantitative estimate of drug-likeness (QED) is 0.410. The minimum atomic E-state index is -1.09. The fourth-order valence-corrected chi connectivity index (χ4v) is 5.95. The van der Waals surface area contributed by atoms with Crippen LogP contribution < -0.4 is 5.32 Å². The van der Waals surface area contributed by atoms with Crippen LogP contribution >= 0.6 is 0 Å². The van der Waals surface area contributed by atoms with E-state index in [1.54, 1.807) is 6.92 Å². The third-order valence-electron chi connectivity index (χ3n) is 7.32. The molecule has 8 heteroatoms. The summed E-state index contributed by atoms with van der Waals surface area (Å²) in [5.41, 5.74) is -0.355. The molecule has 0 aliphatic carbocycles. The number of ether oxygens (including phenoxy) is 2. The SMILES string of the molecule is CCCCCNC(=O)[C@@H]1N([C@H](CO)c2ccccc2)C(=O)[C@H]2[C@H](C(=O)OCC)[C@@H]3CC[C@]12O3. The van der Waals surface area contributed by atoms with Crippen LogP contribution in [-0.2, 0) is 23.9 Å². The number of nitrogens with zero attached hydrogens (tertiary/aromatic N) is 1. The summed E-state index contributed by atoms with van der Waals surface area (Å²) in [5, 5.41) is 13.3. The van der Waals surface area contributed by atoms with Crippen molar-refractivity contribution < 1.29 is 29.0 Å². The molecule has 180 valence electrons. The van der Waals surface area contributed by atoms with Gasteiger partial charge in [0.15, 0.2) is 0 Å². The number of likely N-dealkylation sites (tertiary alicyclic amines) is 1. The number of unbranched alkanes of at least 4 members (excludes halogenated alkanes) is 2. The third-order valence-corrected chi connectivity index (χ3v) is 7.32. The summed E-state index contributed by atoms with van der Waals surface area (Å²) in [4.78, 5) is 41.8. The molecule has 2 amide bonds. The van der Waals surface area contributed by atoms with Crippen LogP contribution in [0.3, 0.4) is 0 Å². The van der Waals surface area contributed by atoms with Crippen LogP contribution in [0.1, 0.15) is 57.6 Å². The van der Waals surface area contributed by atoms with E-state index in [1.165, 1.54) is 4.90 Å². The van der Waals surface area contributed by atoms with Crippen molar-refractivity contribution in [3.63, 3.8) is 0 Å². The highest BCUT2D eigenvalue weighted by Gasteiger charge is 2.75. The van der Waals surface area contributed by atoms with E-state index in [2.05, 4.69) is 12.2 Å². The summed E-state index contributed by atoms with van der Waals surface area (Å²) in [7, 11) is 0. The van der Waals surface area contributed by atoms with Gasteiger partial charge < -0.3 is 24.8 Å². The van der Waals surface area contributed by atoms with Crippen molar-refractivity contribution in [1.29, 1.82) is 0 Å². The summed E-state index contributed by atoms with van der Waals surface area (Å²) in [5.74, 6) is -2.60. The van der Waals surface area contributed by atoms with E-state index < -0.39 is 41.6 Å². The number of esters is 1. The number of benzene rings is 1. The third kappa shape index (κ3) is 3.93. The summed E-state index contributed by atoms with van der Waals surface area (Å²) in [6.45, 7) is 4.20. The molecule has 2 N–H and O–H groups in total. The Morgan fingerprint density at radius 3 is 2.70 bits per heavy atom. The fraction of sp³-hybridized carbons (Fsp3) is 0.640. The second-order valence-corrected chi connectivity index (χ2v) is 9.16. The van der Waals surface area contributed by atoms with Gasteiger partial charge in [0.25, 0.3) is 0 Å². The first kappa shape index (κ1) is 23.7. The summed E-state index contributed by atoms with van der Waals surface area (Å²) in [6, 6.07) is 7.56. The smallest absolute Gasteiger partial charge is 0.312 e. The van der Waals surface area contributed by atoms with Gasteiger partial charge in [-0.3, -0.25) is 14.4 Å². The Morgan fingerprint density at radius 1 is 1.27 bits per heavy atom. The number of aliphatic hydroxyl groups is 1. The minimum Gasteiger partial charge on any atom is -0.466 e. The van der Waals surface area contributed by atoms with Crippen LogP contribution in [0.25, 0.3) is 0 Å². The lowest BCUT2D eigenvalue weighted by Crippen LogP contribution is -2.56. The molecular formula is C25H34N2O6. The minimum absolute atomic E-state index is 0.213. The van der Waals surface area contributed by atoms with Gasteiger partial charge in [-0.1, -0.05) is 50.1 Å². The molecule has 1 aromatic rings. The molecule has 0 radical (unpaired) electrons. The van der Waals surface area contributed by atoms with Crippen molar-refractivity contribution in [1.82, 2.24) is 10.2 Å². The maximum Gasteiger partial charge on any atom is 0.312 e. The standard InChI is InChI=1S/C25H34N2O6/c1-3-5-9-14-26-22(29)21-25-13-12-18(33-25)19(24(31)32-4-2)20(25)23(30)27(21)17(15-28)16-10-7-6-8-11-16/h6-8,10-11,17-21,28H,3-5,9,12-15H2,1-2H3,(H,26,29)/t17-,18+,19-,20-,21+,25-/m1/s1. The summed E-state index contributed by atoms with van der Waals surface area (Å²) < 4.78 is 11.6. The van der Waals surface area contributed by atoms with E-state index in [1.807, 2.05) is 30.3 Å². The first-order valence-corrected chi connectivity index (χ1v) is 12.1. The number of hydrogen-bond donors (Lipinski definition) is 2. The molecule has 4 rings (SSSR count). The van der Waals surface area contributed by atoms with Crippen LogP contribution in [-0.4, -0.2) is 65.3 Å². The van der Waals surface area contributed by atoms with E-state index in [0.717, 1.165) is 24.8 Å². The first-order valence-electron chi connectivity index (χ1n) is 12.1. The molecule has 1 spiro atoms. The van der Waals surface area contributed by atoms with Crippen LogP contribution in [0.2, 0.25) is 0 Å². The number of aliphatic hydroxyl groups excluding tert-OH is 1. The van der Waals surface area contributed by atoms with E-state index in [9.17, 15) is 19.5 Å². The molecule has 0 unspecified atom stereocenters. The van der Waals surface area contributed by atoms with Gasteiger partial charge in [-0.05, 0) is 31.7 Å². The summed E-state index contributed by atoms with van der Waals surface area (Å²) in [6.07, 6.45) is 3.54. The highest BCUT2D eigenvalue weighted by atomic mass is 16.6. The Kier molecular flexibility index (Phi) is 7.05. The van der Waals surface area contributed by atoms with Crippen molar-refractivity contribution in [3.05, 3.63) is 35.9 Å². The normalized spacial score (nSPS) is 30.9. The van der Waals surface area contributed by atoms with Crippen LogP contribution in [0.5, 0.6) is 0 Å². The number of carbonyl (C=O) groups excluding carboxylic acids is 3. The van der Waals surface area contributed by atoms with Gasteiger partial charge in [0.2, 0.25) is 11.8 Å². The molecule has 0 aromatic heterocycles. The van der Waals surface area contributed by atoms with Crippen molar-refractivity contribution >= 4 is 17.8 Å². The van der Waals surface area contributed by atoms with Gasteiger partial charge in [0.05, 0.1) is 37.2 Å². The lowest BCUT2D eigenvalue weighted by Gasteiger charge is -2.36. The first-order chi connectivity index (χ1) is 16.0. The number of carbonyl (C=O) groups is 3. The summed E-state index contributed by atoms with van der Waals surface area (Å²) >= 11 is 0. The zero-order valence-electron chi connectivity index (χ0n) is 19.4. The second kappa shape index (κ2) is 9.81. The Labute approximate surface area is 194 Å². The highest BCUT2D eigenvalue weighted by Crippen LogP contribution is 2.59. The van der Waals surface area contributed by atoms with Crippen molar-refractivity contribution in [2.45, 2.75) is 69.7 Å². The predicted octanol–water partition coefficient (Wildman–Crippen LogP) is 1.96. The number of amides is 2. The molecule has 3 aliphatic heterocycles. The van der Waals surface area contributed by atoms with Gasteiger partial charge >= 0.3 is 5.97 Å². The van der Waals surface area contributed by atoms with Crippen molar-refractivity contribution in [3.8, 4) is 0 Å². The monoisotopic (exact) mass is 458 g/mol. The predicted molar refractivity (Wildman–Crippen MR) is 120 cm³/mol. The Balaban J connectivity index is 1.72.